The first-order chi connectivity index (χ1) is 27.1. The van der Waals surface area contributed by atoms with Gasteiger partial charge in [-0.25, -0.2) is 9.97 Å². The number of alkyl halides is 3. The second-order valence-electron chi connectivity index (χ2n) is 13.1. The van der Waals surface area contributed by atoms with Crippen LogP contribution < -0.4 is 10.6 Å². The largest absolute Gasteiger partial charge is 0.481 e. The van der Waals surface area contributed by atoms with E-state index in [0.29, 0.717) is 64.7 Å². The van der Waals surface area contributed by atoms with E-state index in [1.807, 2.05) is 36.4 Å². The Hall–Kier alpha value is -4.93. The van der Waals surface area contributed by atoms with Crippen LogP contribution in [-0.4, -0.2) is 84.9 Å². The van der Waals surface area contributed by atoms with Crippen molar-refractivity contribution in [3.8, 4) is 11.4 Å². The van der Waals surface area contributed by atoms with Crippen molar-refractivity contribution < 1.29 is 51.9 Å². The fraction of sp³-hybridized carbons (Fsp3) is 0.415. The van der Waals surface area contributed by atoms with Gasteiger partial charge < -0.3 is 39.8 Å². The highest BCUT2D eigenvalue weighted by molar-refractivity contribution is 5.93. The quantitative estimate of drug-likeness (QED) is 0.0506. The number of nitrogens with one attached hydrogen (secondary N) is 2. The number of aryl methyl sites for hydroxylation is 2. The summed E-state index contributed by atoms with van der Waals surface area (Å²) in [6.45, 7) is 2.89. The topological polar surface area (TPSA) is 161 Å². The van der Waals surface area contributed by atoms with Gasteiger partial charge in [-0.05, 0) is 73.1 Å². The summed E-state index contributed by atoms with van der Waals surface area (Å²) in [4.78, 5) is 32.4. The molecule has 12 nitrogen and oxygen atoms in total. The third-order valence-electron chi connectivity index (χ3n) is 9.04. The zero-order valence-corrected chi connectivity index (χ0v) is 30.9. The highest BCUT2D eigenvalue weighted by atomic mass is 19.4. The molecule has 3 aromatic carbocycles. The number of aliphatic hydroxyl groups is 1. The second-order valence-corrected chi connectivity index (χ2v) is 13.1. The van der Waals surface area contributed by atoms with E-state index in [1.165, 1.54) is 23.9 Å². The van der Waals surface area contributed by atoms with Crippen LogP contribution >= 0.6 is 0 Å². The molecule has 15 heteroatoms. The number of benzene rings is 3. The number of carboxylic acid groups (broad SMARTS) is 1. The molecule has 300 valence electrons. The Labute approximate surface area is 323 Å². The second kappa shape index (κ2) is 21.4. The molecular formula is C41H47F3N4O8. The van der Waals surface area contributed by atoms with Gasteiger partial charge in [0.15, 0.2) is 12.1 Å². The van der Waals surface area contributed by atoms with Crippen LogP contribution in [0, 0.1) is 0 Å². The van der Waals surface area contributed by atoms with Crippen molar-refractivity contribution in [3.05, 3.63) is 113 Å². The van der Waals surface area contributed by atoms with Crippen molar-refractivity contribution in [2.75, 3.05) is 58.2 Å². The molecule has 56 heavy (non-hydrogen) atoms. The molecule has 0 saturated carbocycles. The molecule has 5 rings (SSSR count). The molecule has 0 radical (unpaired) electrons. The van der Waals surface area contributed by atoms with Crippen molar-refractivity contribution in [1.82, 2.24) is 15.3 Å². The van der Waals surface area contributed by atoms with Gasteiger partial charge in [-0.3, -0.25) is 9.59 Å². The number of carbonyl (C=O) groups is 2. The van der Waals surface area contributed by atoms with Crippen LogP contribution in [0.1, 0.15) is 76.3 Å². The number of amides is 1. The van der Waals surface area contributed by atoms with Crippen molar-refractivity contribution in [2.24, 2.45) is 0 Å². The number of aliphatic carboxylic acids is 1. The molecule has 1 amide bonds. The first kappa shape index (κ1) is 42.2. The number of aliphatic hydroxyl groups excluding tert-OH is 1. The monoisotopic (exact) mass is 780 g/mol. The van der Waals surface area contributed by atoms with E-state index in [1.54, 1.807) is 12.1 Å². The number of anilines is 1. The van der Waals surface area contributed by atoms with E-state index < -0.39 is 29.8 Å². The van der Waals surface area contributed by atoms with E-state index in [2.05, 4.69) is 20.6 Å². The number of carbonyl (C=O) groups excluding carboxylic acids is 1. The van der Waals surface area contributed by atoms with Gasteiger partial charge in [0.2, 0.25) is 0 Å². The predicted octanol–water partition coefficient (Wildman–Crippen LogP) is 6.55. The zero-order valence-electron chi connectivity index (χ0n) is 30.9. The maximum absolute atomic E-state index is 13.9. The molecule has 4 aromatic rings. The van der Waals surface area contributed by atoms with Crippen LogP contribution in [0.4, 0.5) is 18.9 Å². The fourth-order valence-corrected chi connectivity index (χ4v) is 6.23. The smallest absolute Gasteiger partial charge is 0.416 e. The number of nitrogens with zero attached hydrogens (tertiary/aromatic N) is 2. The lowest BCUT2D eigenvalue weighted by Gasteiger charge is -2.26. The average molecular weight is 781 g/mol. The summed E-state index contributed by atoms with van der Waals surface area (Å²) in [6.07, 6.45) is -0.709. The number of halogens is 3. The minimum absolute atomic E-state index is 0.00592. The summed E-state index contributed by atoms with van der Waals surface area (Å²) in [5.74, 6) is -1.48. The number of hydrogen-bond donors (Lipinski definition) is 4. The summed E-state index contributed by atoms with van der Waals surface area (Å²) in [6, 6.07) is 19.4. The number of hydrogen-bond acceptors (Lipinski definition) is 10. The van der Waals surface area contributed by atoms with Crippen LogP contribution in [0.25, 0.3) is 11.4 Å². The Morgan fingerprint density at radius 3 is 2.30 bits per heavy atom. The SMILES string of the molecule is O=C(O)CCOCCOCCOCCOCCCc1cccc(C(O)Nc2ccc(C(F)(F)F)cc2-c2nccc(C(=O)N[C@H]3CCCc4ccccc43)n2)c1. The van der Waals surface area contributed by atoms with Crippen LogP contribution in [0.15, 0.2) is 79.0 Å². The number of rotatable bonds is 22. The summed E-state index contributed by atoms with van der Waals surface area (Å²) >= 11 is 0. The molecule has 1 heterocycles. The molecule has 0 spiro atoms. The number of aromatic nitrogens is 2. The third kappa shape index (κ3) is 13.1. The van der Waals surface area contributed by atoms with Crippen LogP contribution in [0.2, 0.25) is 0 Å². The zero-order chi connectivity index (χ0) is 39.8. The lowest BCUT2D eigenvalue weighted by atomic mass is 9.87. The first-order valence-corrected chi connectivity index (χ1v) is 18.6. The Morgan fingerprint density at radius 2 is 1.57 bits per heavy atom. The van der Waals surface area contributed by atoms with Crippen molar-refractivity contribution >= 4 is 17.6 Å². The van der Waals surface area contributed by atoms with E-state index in [-0.39, 0.29) is 41.8 Å². The van der Waals surface area contributed by atoms with Gasteiger partial charge >= 0.3 is 12.1 Å². The molecule has 2 atom stereocenters. The van der Waals surface area contributed by atoms with Gasteiger partial charge in [0.25, 0.3) is 5.91 Å². The molecule has 1 unspecified atom stereocenters. The Bertz CT molecular complexity index is 1880. The number of carboxylic acids is 1. The maximum Gasteiger partial charge on any atom is 0.416 e. The summed E-state index contributed by atoms with van der Waals surface area (Å²) < 4.78 is 63.2. The van der Waals surface area contributed by atoms with E-state index in [0.717, 1.165) is 42.5 Å². The molecule has 0 bridgehead atoms. The third-order valence-corrected chi connectivity index (χ3v) is 9.04. The van der Waals surface area contributed by atoms with Gasteiger partial charge in [-0.15, -0.1) is 0 Å². The fourth-order valence-electron chi connectivity index (χ4n) is 6.23. The van der Waals surface area contributed by atoms with Gasteiger partial charge in [0.1, 0.15) is 5.69 Å². The highest BCUT2D eigenvalue weighted by Gasteiger charge is 2.32. The number of ether oxygens (including phenoxy) is 4. The average Bonchev–Trinajstić information content (AvgIpc) is 3.19. The van der Waals surface area contributed by atoms with Crippen molar-refractivity contribution in [2.45, 2.75) is 57.0 Å². The number of fused-ring (bicyclic) bond motifs is 1. The highest BCUT2D eigenvalue weighted by Crippen LogP contribution is 2.36. The molecule has 1 aliphatic carbocycles. The normalized spacial score (nSPS) is 14.5. The van der Waals surface area contributed by atoms with Crippen LogP contribution in [0.3, 0.4) is 0 Å². The standard InChI is InChI=1S/C41H47F3N4O8/c42-41(43,44)31-13-14-35(33(27-31)38-45-17-15-36(46-38)40(52)48-34-12-4-9-29-8-1-2-11-32(29)34)47-39(51)30-10-3-6-28(26-30)7-5-18-53-20-22-55-24-25-56-23-21-54-19-16-37(49)50/h1-3,6,8,10-11,13-15,17,26-27,34,39,47,51H,4-5,7,9,12,16,18-25H2,(H,48,52)(H,49,50)/t34-,39?/m0/s1. The van der Waals surface area contributed by atoms with Gasteiger partial charge in [-0.2, -0.15) is 13.2 Å². The lowest BCUT2D eigenvalue weighted by molar-refractivity contribution is -0.139. The Morgan fingerprint density at radius 1 is 0.857 bits per heavy atom. The Balaban J connectivity index is 1.12. The minimum atomic E-state index is -4.65. The molecule has 0 saturated heterocycles. The summed E-state index contributed by atoms with van der Waals surface area (Å²) in [7, 11) is 0. The summed E-state index contributed by atoms with van der Waals surface area (Å²) in [5, 5.41) is 25.7. The molecule has 0 aliphatic heterocycles. The molecule has 4 N–H and O–H groups in total. The molecule has 1 aromatic heterocycles. The van der Waals surface area contributed by atoms with Gasteiger partial charge in [0, 0.05) is 29.6 Å². The van der Waals surface area contributed by atoms with E-state index >= 15 is 0 Å². The van der Waals surface area contributed by atoms with Gasteiger partial charge in [-0.1, -0.05) is 48.5 Å². The minimum Gasteiger partial charge on any atom is -0.481 e. The van der Waals surface area contributed by atoms with Crippen LogP contribution in [0.5, 0.6) is 0 Å². The maximum atomic E-state index is 13.9. The predicted molar refractivity (Wildman–Crippen MR) is 201 cm³/mol. The van der Waals surface area contributed by atoms with Crippen LogP contribution in [-0.2, 0) is 42.8 Å². The molecule has 0 fully saturated rings. The Kier molecular flexibility index (Phi) is 16.1. The molecular weight excluding hydrogens is 733 g/mol. The van der Waals surface area contributed by atoms with Crippen molar-refractivity contribution in [3.63, 3.8) is 0 Å². The first-order valence-electron chi connectivity index (χ1n) is 18.6. The van der Waals surface area contributed by atoms with Crippen molar-refractivity contribution in [1.29, 1.82) is 0 Å². The van der Waals surface area contributed by atoms with E-state index in [4.69, 9.17) is 24.1 Å². The summed E-state index contributed by atoms with van der Waals surface area (Å²) in [5.41, 5.74) is 2.84. The lowest BCUT2D eigenvalue weighted by Crippen LogP contribution is -2.31. The molecule has 1 aliphatic rings. The van der Waals surface area contributed by atoms with Gasteiger partial charge in [0.05, 0.1) is 64.3 Å². The van der Waals surface area contributed by atoms with E-state index in [9.17, 15) is 27.9 Å².